The van der Waals surface area contributed by atoms with E-state index in [0.717, 1.165) is 24.4 Å². The van der Waals surface area contributed by atoms with Crippen LogP contribution >= 0.6 is 11.6 Å². The first kappa shape index (κ1) is 15.7. The fraction of sp³-hybridized carbons (Fsp3) is 0.294. The van der Waals surface area contributed by atoms with Crippen LogP contribution in [0.15, 0.2) is 42.5 Å². The summed E-state index contributed by atoms with van der Waals surface area (Å²) in [6.07, 6.45) is 0. The molecule has 0 unspecified atom stereocenters. The molecule has 0 aromatic heterocycles. The third-order valence-corrected chi connectivity index (χ3v) is 3.38. The van der Waals surface area contributed by atoms with Crippen LogP contribution in [0.4, 0.5) is 0 Å². The van der Waals surface area contributed by atoms with Crippen molar-refractivity contribution < 1.29 is 9.47 Å². The van der Waals surface area contributed by atoms with E-state index in [1.807, 2.05) is 37.3 Å². The van der Waals surface area contributed by atoms with Gasteiger partial charge in [0.1, 0.15) is 11.5 Å². The van der Waals surface area contributed by atoms with Crippen LogP contribution in [0.5, 0.6) is 11.5 Å². The molecule has 0 fully saturated rings. The molecule has 0 bridgehead atoms. The van der Waals surface area contributed by atoms with Gasteiger partial charge < -0.3 is 14.8 Å². The van der Waals surface area contributed by atoms with Gasteiger partial charge in [-0.3, -0.25) is 0 Å². The molecule has 0 saturated carbocycles. The maximum absolute atomic E-state index is 6.11. The van der Waals surface area contributed by atoms with Crippen LogP contribution in [-0.4, -0.2) is 13.7 Å². The molecule has 0 saturated heterocycles. The number of nitrogens with one attached hydrogen (secondary N) is 1. The first-order valence-electron chi connectivity index (χ1n) is 6.97. The lowest BCUT2D eigenvalue weighted by atomic mass is 10.2. The fourth-order valence-corrected chi connectivity index (χ4v) is 2.36. The standard InChI is InChI=1S/C17H20ClNO2/c1-3-21-15-6-4-5-13(9-15)11-19-12-14-7-8-17(20-2)16(18)10-14/h4-10,19H,3,11-12H2,1-2H3. The maximum atomic E-state index is 6.11. The van der Waals surface area contributed by atoms with Gasteiger partial charge in [-0.25, -0.2) is 0 Å². The first-order valence-corrected chi connectivity index (χ1v) is 7.35. The van der Waals surface area contributed by atoms with Gasteiger partial charge in [-0.2, -0.15) is 0 Å². The summed E-state index contributed by atoms with van der Waals surface area (Å²) in [5.41, 5.74) is 2.32. The second-order valence-electron chi connectivity index (χ2n) is 4.65. The quantitative estimate of drug-likeness (QED) is 0.837. The van der Waals surface area contributed by atoms with Crippen LogP contribution in [0.25, 0.3) is 0 Å². The van der Waals surface area contributed by atoms with Crippen LogP contribution in [0.2, 0.25) is 5.02 Å². The van der Waals surface area contributed by atoms with Crippen LogP contribution in [0.3, 0.4) is 0 Å². The summed E-state index contributed by atoms with van der Waals surface area (Å²) in [6.45, 7) is 4.20. The third-order valence-electron chi connectivity index (χ3n) is 3.08. The number of benzene rings is 2. The maximum Gasteiger partial charge on any atom is 0.137 e. The highest BCUT2D eigenvalue weighted by molar-refractivity contribution is 6.32. The lowest BCUT2D eigenvalue weighted by Gasteiger charge is -2.09. The van der Waals surface area contributed by atoms with Gasteiger partial charge in [-0.1, -0.05) is 29.8 Å². The molecular formula is C17H20ClNO2. The lowest BCUT2D eigenvalue weighted by molar-refractivity contribution is 0.340. The molecule has 0 spiro atoms. The van der Waals surface area contributed by atoms with E-state index in [1.54, 1.807) is 7.11 Å². The smallest absolute Gasteiger partial charge is 0.137 e. The Morgan fingerprint density at radius 2 is 1.81 bits per heavy atom. The summed E-state index contributed by atoms with van der Waals surface area (Å²) in [6, 6.07) is 13.9. The van der Waals surface area contributed by atoms with Crippen LogP contribution in [-0.2, 0) is 13.1 Å². The van der Waals surface area contributed by atoms with Gasteiger partial charge in [0.25, 0.3) is 0 Å². The number of halogens is 1. The lowest BCUT2D eigenvalue weighted by Crippen LogP contribution is -2.12. The van der Waals surface area contributed by atoms with Gasteiger partial charge in [0, 0.05) is 13.1 Å². The van der Waals surface area contributed by atoms with Crippen LogP contribution in [0, 0.1) is 0 Å². The Morgan fingerprint density at radius 1 is 1.05 bits per heavy atom. The van der Waals surface area contributed by atoms with E-state index >= 15 is 0 Å². The Labute approximate surface area is 130 Å². The average molecular weight is 306 g/mol. The molecule has 1 N–H and O–H groups in total. The van der Waals surface area contributed by atoms with Gasteiger partial charge in [-0.05, 0) is 42.3 Å². The van der Waals surface area contributed by atoms with Crippen molar-refractivity contribution in [2.24, 2.45) is 0 Å². The number of rotatable bonds is 7. The zero-order valence-electron chi connectivity index (χ0n) is 12.4. The summed E-state index contributed by atoms with van der Waals surface area (Å²) >= 11 is 6.11. The summed E-state index contributed by atoms with van der Waals surface area (Å²) in [5, 5.41) is 4.03. The predicted octanol–water partition coefficient (Wildman–Crippen LogP) is 4.04. The number of ether oxygens (including phenoxy) is 2. The van der Waals surface area contributed by atoms with E-state index in [1.165, 1.54) is 5.56 Å². The topological polar surface area (TPSA) is 30.5 Å². The molecule has 21 heavy (non-hydrogen) atoms. The molecule has 0 atom stereocenters. The number of hydrogen-bond acceptors (Lipinski definition) is 3. The first-order chi connectivity index (χ1) is 10.2. The summed E-state index contributed by atoms with van der Waals surface area (Å²) in [4.78, 5) is 0. The van der Waals surface area contributed by atoms with E-state index in [0.29, 0.717) is 17.4 Å². The Bertz CT molecular complexity index is 587. The molecular weight excluding hydrogens is 286 g/mol. The van der Waals surface area contributed by atoms with E-state index in [4.69, 9.17) is 21.1 Å². The molecule has 2 aromatic carbocycles. The molecule has 0 heterocycles. The minimum atomic E-state index is 0.634. The van der Waals surface area contributed by atoms with Crippen molar-refractivity contribution in [3.8, 4) is 11.5 Å². The minimum absolute atomic E-state index is 0.634. The van der Waals surface area contributed by atoms with E-state index in [9.17, 15) is 0 Å². The van der Waals surface area contributed by atoms with Crippen molar-refractivity contribution >= 4 is 11.6 Å². The molecule has 4 heteroatoms. The van der Waals surface area contributed by atoms with Crippen molar-refractivity contribution in [2.45, 2.75) is 20.0 Å². The van der Waals surface area contributed by atoms with Crippen LogP contribution < -0.4 is 14.8 Å². The molecule has 3 nitrogen and oxygen atoms in total. The van der Waals surface area contributed by atoms with Gasteiger partial charge in [-0.15, -0.1) is 0 Å². The third kappa shape index (κ3) is 4.66. The fourth-order valence-electron chi connectivity index (χ4n) is 2.08. The van der Waals surface area contributed by atoms with Crippen molar-refractivity contribution in [1.82, 2.24) is 5.32 Å². The highest BCUT2D eigenvalue weighted by atomic mass is 35.5. The second-order valence-corrected chi connectivity index (χ2v) is 5.06. The molecule has 0 aliphatic heterocycles. The molecule has 2 rings (SSSR count). The second kappa shape index (κ2) is 7.91. The van der Waals surface area contributed by atoms with E-state index < -0.39 is 0 Å². The van der Waals surface area contributed by atoms with Crippen molar-refractivity contribution in [3.63, 3.8) is 0 Å². The molecule has 2 aromatic rings. The largest absolute Gasteiger partial charge is 0.495 e. The average Bonchev–Trinajstić information content (AvgIpc) is 2.48. The van der Waals surface area contributed by atoms with E-state index in [2.05, 4.69) is 17.4 Å². The molecule has 0 aliphatic carbocycles. The van der Waals surface area contributed by atoms with Crippen molar-refractivity contribution in [2.75, 3.05) is 13.7 Å². The molecule has 0 amide bonds. The van der Waals surface area contributed by atoms with Crippen molar-refractivity contribution in [1.29, 1.82) is 0 Å². The minimum Gasteiger partial charge on any atom is -0.495 e. The Balaban J connectivity index is 1.89. The highest BCUT2D eigenvalue weighted by Gasteiger charge is 2.02. The highest BCUT2D eigenvalue weighted by Crippen LogP contribution is 2.24. The summed E-state index contributed by atoms with van der Waals surface area (Å²) < 4.78 is 10.6. The Kier molecular flexibility index (Phi) is 5.90. The molecule has 0 radical (unpaired) electrons. The molecule has 0 aliphatic rings. The zero-order valence-corrected chi connectivity index (χ0v) is 13.1. The summed E-state index contributed by atoms with van der Waals surface area (Å²) in [7, 11) is 1.62. The van der Waals surface area contributed by atoms with Gasteiger partial charge >= 0.3 is 0 Å². The number of methoxy groups -OCH3 is 1. The Hall–Kier alpha value is -1.71. The monoisotopic (exact) mass is 305 g/mol. The zero-order chi connectivity index (χ0) is 15.1. The SMILES string of the molecule is CCOc1cccc(CNCc2ccc(OC)c(Cl)c2)c1. The van der Waals surface area contributed by atoms with Crippen molar-refractivity contribution in [3.05, 3.63) is 58.6 Å². The summed E-state index contributed by atoms with van der Waals surface area (Å²) in [5.74, 6) is 1.61. The van der Waals surface area contributed by atoms with Gasteiger partial charge in [0.2, 0.25) is 0 Å². The van der Waals surface area contributed by atoms with Gasteiger partial charge in [0.05, 0.1) is 18.7 Å². The van der Waals surface area contributed by atoms with Crippen LogP contribution in [0.1, 0.15) is 18.1 Å². The Morgan fingerprint density at radius 3 is 2.48 bits per heavy atom. The molecule has 112 valence electrons. The normalized spacial score (nSPS) is 10.4. The predicted molar refractivity (Wildman–Crippen MR) is 86.2 cm³/mol. The number of hydrogen-bond donors (Lipinski definition) is 1. The van der Waals surface area contributed by atoms with E-state index in [-0.39, 0.29) is 0 Å². The van der Waals surface area contributed by atoms with Gasteiger partial charge in [0.15, 0.2) is 0 Å².